The van der Waals surface area contributed by atoms with Gasteiger partial charge in [-0.15, -0.1) is 0 Å². The second-order valence-electron chi connectivity index (χ2n) is 5.49. The molecule has 0 spiro atoms. The van der Waals surface area contributed by atoms with Crippen molar-refractivity contribution in [1.29, 1.82) is 0 Å². The monoisotopic (exact) mass is 269 g/mol. The van der Waals surface area contributed by atoms with Crippen LogP contribution in [0.3, 0.4) is 0 Å². The maximum Gasteiger partial charge on any atom is 0.142 e. The van der Waals surface area contributed by atoms with E-state index < -0.39 is 0 Å². The van der Waals surface area contributed by atoms with Crippen molar-refractivity contribution in [3.05, 3.63) is 58.7 Å². The molecule has 1 atom stereocenters. The van der Waals surface area contributed by atoms with Crippen LogP contribution in [0.2, 0.25) is 0 Å². The van der Waals surface area contributed by atoms with Crippen molar-refractivity contribution in [2.75, 3.05) is 12.4 Å². The minimum absolute atomic E-state index is 0.241. The lowest BCUT2D eigenvalue weighted by Gasteiger charge is -2.19. The Morgan fingerprint density at radius 2 is 1.55 bits per heavy atom. The van der Waals surface area contributed by atoms with Gasteiger partial charge in [0.2, 0.25) is 0 Å². The Kier molecular flexibility index (Phi) is 4.33. The van der Waals surface area contributed by atoms with Crippen molar-refractivity contribution in [2.24, 2.45) is 0 Å². The topological polar surface area (TPSA) is 21.3 Å². The van der Waals surface area contributed by atoms with Gasteiger partial charge < -0.3 is 10.1 Å². The van der Waals surface area contributed by atoms with Crippen LogP contribution in [-0.4, -0.2) is 7.11 Å². The zero-order valence-electron chi connectivity index (χ0n) is 12.9. The predicted octanol–water partition coefficient (Wildman–Crippen LogP) is 4.79. The predicted molar refractivity (Wildman–Crippen MR) is 85.7 cm³/mol. The number of methoxy groups -OCH3 is 1. The molecular formula is C18H23NO. The van der Waals surface area contributed by atoms with Gasteiger partial charge in [0.25, 0.3) is 0 Å². The minimum Gasteiger partial charge on any atom is -0.495 e. The van der Waals surface area contributed by atoms with Crippen LogP contribution in [0.4, 0.5) is 5.69 Å². The van der Waals surface area contributed by atoms with Gasteiger partial charge in [0.1, 0.15) is 5.75 Å². The molecular weight excluding hydrogens is 246 g/mol. The average molecular weight is 269 g/mol. The highest BCUT2D eigenvalue weighted by atomic mass is 16.5. The van der Waals surface area contributed by atoms with Gasteiger partial charge in [-0.1, -0.05) is 35.4 Å². The minimum atomic E-state index is 0.241. The van der Waals surface area contributed by atoms with Crippen molar-refractivity contribution in [3.63, 3.8) is 0 Å². The quantitative estimate of drug-likeness (QED) is 0.861. The SMILES string of the molecule is COc1cc(C)ccc1NC(C)c1cc(C)cc(C)c1. The fourth-order valence-electron chi connectivity index (χ4n) is 2.49. The Morgan fingerprint density at radius 3 is 2.15 bits per heavy atom. The van der Waals surface area contributed by atoms with Crippen LogP contribution in [0.25, 0.3) is 0 Å². The van der Waals surface area contributed by atoms with Crippen LogP contribution >= 0.6 is 0 Å². The highest BCUT2D eigenvalue weighted by Gasteiger charge is 2.10. The van der Waals surface area contributed by atoms with Crippen molar-refractivity contribution in [1.82, 2.24) is 0 Å². The third-order valence-corrected chi connectivity index (χ3v) is 3.47. The second-order valence-corrected chi connectivity index (χ2v) is 5.49. The van der Waals surface area contributed by atoms with Crippen LogP contribution < -0.4 is 10.1 Å². The molecule has 0 heterocycles. The van der Waals surface area contributed by atoms with Gasteiger partial charge in [-0.2, -0.15) is 0 Å². The van der Waals surface area contributed by atoms with Crippen molar-refractivity contribution in [2.45, 2.75) is 33.7 Å². The summed E-state index contributed by atoms with van der Waals surface area (Å²) >= 11 is 0. The first-order chi connectivity index (χ1) is 9.49. The van der Waals surface area contributed by atoms with Gasteiger partial charge in [0, 0.05) is 6.04 Å². The highest BCUT2D eigenvalue weighted by molar-refractivity contribution is 5.58. The molecule has 0 saturated heterocycles. The second kappa shape index (κ2) is 6.00. The van der Waals surface area contributed by atoms with Crippen molar-refractivity contribution < 1.29 is 4.74 Å². The van der Waals surface area contributed by atoms with Crippen LogP contribution in [-0.2, 0) is 0 Å². The maximum absolute atomic E-state index is 5.45. The summed E-state index contributed by atoms with van der Waals surface area (Å²) in [5, 5.41) is 3.53. The molecule has 2 rings (SSSR count). The first kappa shape index (κ1) is 14.4. The standard InChI is InChI=1S/C18H23NO/c1-12-6-7-17(18(11-12)20-5)19-15(4)16-9-13(2)8-14(3)10-16/h6-11,15,19H,1-5H3. The summed E-state index contributed by atoms with van der Waals surface area (Å²) in [6, 6.07) is 13.1. The van der Waals surface area contributed by atoms with E-state index in [9.17, 15) is 0 Å². The number of hydrogen-bond donors (Lipinski definition) is 1. The molecule has 2 heteroatoms. The summed E-state index contributed by atoms with van der Waals surface area (Å²) in [6.07, 6.45) is 0. The molecule has 0 amide bonds. The van der Waals surface area contributed by atoms with Gasteiger partial charge in [-0.3, -0.25) is 0 Å². The number of rotatable bonds is 4. The molecule has 2 aromatic carbocycles. The molecule has 2 nitrogen and oxygen atoms in total. The van der Waals surface area contributed by atoms with E-state index in [0.717, 1.165) is 11.4 Å². The Hall–Kier alpha value is -1.96. The molecule has 0 aromatic heterocycles. The van der Waals surface area contributed by atoms with Gasteiger partial charge in [0.05, 0.1) is 12.8 Å². The third kappa shape index (κ3) is 3.32. The zero-order valence-corrected chi connectivity index (χ0v) is 12.9. The Morgan fingerprint density at radius 1 is 0.900 bits per heavy atom. The van der Waals surface area contributed by atoms with E-state index >= 15 is 0 Å². The van der Waals surface area contributed by atoms with Crippen LogP contribution in [0.1, 0.15) is 35.2 Å². The number of anilines is 1. The summed E-state index contributed by atoms with van der Waals surface area (Å²) in [5.41, 5.74) is 6.12. The maximum atomic E-state index is 5.45. The fourth-order valence-corrected chi connectivity index (χ4v) is 2.49. The molecule has 0 aliphatic rings. The molecule has 0 aliphatic carbocycles. The van der Waals surface area contributed by atoms with E-state index in [2.05, 4.69) is 69.4 Å². The van der Waals surface area contributed by atoms with Gasteiger partial charge in [0.15, 0.2) is 0 Å². The molecule has 0 saturated carbocycles. The van der Waals surface area contributed by atoms with Crippen molar-refractivity contribution in [3.8, 4) is 5.75 Å². The van der Waals surface area contributed by atoms with E-state index in [0.29, 0.717) is 0 Å². The molecule has 1 N–H and O–H groups in total. The number of aryl methyl sites for hydroxylation is 3. The third-order valence-electron chi connectivity index (χ3n) is 3.47. The summed E-state index contributed by atoms with van der Waals surface area (Å²) in [6.45, 7) is 8.51. The largest absolute Gasteiger partial charge is 0.495 e. The van der Waals surface area contributed by atoms with Crippen molar-refractivity contribution >= 4 is 5.69 Å². The van der Waals surface area contributed by atoms with Gasteiger partial charge >= 0.3 is 0 Å². The molecule has 2 aromatic rings. The lowest BCUT2D eigenvalue weighted by molar-refractivity contribution is 0.416. The van der Waals surface area contributed by atoms with Crippen LogP contribution in [0.5, 0.6) is 5.75 Å². The lowest BCUT2D eigenvalue weighted by Crippen LogP contribution is -2.08. The number of nitrogens with one attached hydrogen (secondary N) is 1. The summed E-state index contributed by atoms with van der Waals surface area (Å²) < 4.78 is 5.45. The summed E-state index contributed by atoms with van der Waals surface area (Å²) in [4.78, 5) is 0. The van der Waals surface area contributed by atoms with Crippen LogP contribution in [0, 0.1) is 20.8 Å². The zero-order chi connectivity index (χ0) is 14.7. The molecule has 106 valence electrons. The highest BCUT2D eigenvalue weighted by Crippen LogP contribution is 2.29. The average Bonchev–Trinajstić information content (AvgIpc) is 2.39. The first-order valence-electron chi connectivity index (χ1n) is 6.99. The number of ether oxygens (including phenoxy) is 1. The van der Waals surface area contributed by atoms with E-state index in [1.54, 1.807) is 7.11 Å². The van der Waals surface area contributed by atoms with E-state index in [4.69, 9.17) is 4.74 Å². The fraction of sp³-hybridized carbons (Fsp3) is 0.333. The van der Waals surface area contributed by atoms with E-state index in [1.807, 2.05) is 0 Å². The van der Waals surface area contributed by atoms with Gasteiger partial charge in [-0.05, 0) is 51.0 Å². The Balaban J connectivity index is 2.25. The molecule has 0 fully saturated rings. The number of benzene rings is 2. The van der Waals surface area contributed by atoms with E-state index in [1.165, 1.54) is 22.3 Å². The number of hydrogen-bond acceptors (Lipinski definition) is 2. The Labute approximate surface area is 121 Å². The van der Waals surface area contributed by atoms with E-state index in [-0.39, 0.29) is 6.04 Å². The molecule has 0 bridgehead atoms. The summed E-state index contributed by atoms with van der Waals surface area (Å²) in [5.74, 6) is 0.890. The van der Waals surface area contributed by atoms with Gasteiger partial charge in [-0.25, -0.2) is 0 Å². The smallest absolute Gasteiger partial charge is 0.142 e. The Bertz CT molecular complexity index is 584. The lowest BCUT2D eigenvalue weighted by atomic mass is 10.0. The molecule has 20 heavy (non-hydrogen) atoms. The molecule has 0 radical (unpaired) electrons. The molecule has 1 unspecified atom stereocenters. The summed E-state index contributed by atoms with van der Waals surface area (Å²) in [7, 11) is 1.71. The first-order valence-corrected chi connectivity index (χ1v) is 6.99. The normalized spacial score (nSPS) is 12.1. The van der Waals surface area contributed by atoms with Crippen LogP contribution in [0.15, 0.2) is 36.4 Å². The molecule has 0 aliphatic heterocycles.